The summed E-state index contributed by atoms with van der Waals surface area (Å²) in [5.74, 6) is 0.272. The highest BCUT2D eigenvalue weighted by molar-refractivity contribution is 5.48. The molecule has 1 aromatic rings. The van der Waals surface area contributed by atoms with Gasteiger partial charge in [0.1, 0.15) is 0 Å². The van der Waals surface area contributed by atoms with Crippen molar-refractivity contribution in [3.05, 3.63) is 33.9 Å². The largest absolute Gasteiger partial charge is 0.487 e. The minimum atomic E-state index is -0.486. The van der Waals surface area contributed by atoms with E-state index < -0.39 is 4.92 Å². The third-order valence-electron chi connectivity index (χ3n) is 2.66. The molecule has 0 saturated heterocycles. The molecule has 0 aliphatic heterocycles. The Kier molecular flexibility index (Phi) is 6.14. The van der Waals surface area contributed by atoms with Crippen molar-refractivity contribution in [2.45, 2.75) is 39.2 Å². The second-order valence-corrected chi connectivity index (χ2v) is 4.13. The molecular weight excluding hydrogens is 234 g/mol. The zero-order valence-corrected chi connectivity index (χ0v) is 10.6. The third kappa shape index (κ3) is 4.33. The summed E-state index contributed by atoms with van der Waals surface area (Å²) in [6, 6.07) is 4.53. The first kappa shape index (κ1) is 14.4. The lowest BCUT2D eigenvalue weighted by molar-refractivity contribution is -0.386. The van der Waals surface area contributed by atoms with Gasteiger partial charge in [0.25, 0.3) is 0 Å². The summed E-state index contributed by atoms with van der Waals surface area (Å²) in [7, 11) is 0. The molecule has 0 amide bonds. The standard InChI is InChI=1S/C13H19NO4/c1-2-3-4-5-8-18-13-7-6-11(10-15)9-12(13)14(16)17/h6-7,9,15H,2-5,8,10H2,1H3. The molecule has 0 saturated carbocycles. The summed E-state index contributed by atoms with van der Waals surface area (Å²) < 4.78 is 5.42. The molecule has 0 atom stereocenters. The second kappa shape index (κ2) is 7.66. The number of hydrogen-bond acceptors (Lipinski definition) is 4. The van der Waals surface area contributed by atoms with Gasteiger partial charge in [0.2, 0.25) is 0 Å². The molecule has 0 bridgehead atoms. The van der Waals surface area contributed by atoms with Crippen molar-refractivity contribution in [2.24, 2.45) is 0 Å². The number of hydrogen-bond donors (Lipinski definition) is 1. The summed E-state index contributed by atoms with van der Waals surface area (Å²) in [5, 5.41) is 19.8. The lowest BCUT2D eigenvalue weighted by Gasteiger charge is -2.07. The first-order chi connectivity index (χ1) is 8.69. The smallest absolute Gasteiger partial charge is 0.311 e. The van der Waals surface area contributed by atoms with E-state index in [0.717, 1.165) is 25.7 Å². The summed E-state index contributed by atoms with van der Waals surface area (Å²) in [6.07, 6.45) is 4.26. The van der Waals surface area contributed by atoms with Gasteiger partial charge in [-0.2, -0.15) is 0 Å². The van der Waals surface area contributed by atoms with Gasteiger partial charge in [-0.15, -0.1) is 0 Å². The molecule has 18 heavy (non-hydrogen) atoms. The highest BCUT2D eigenvalue weighted by Crippen LogP contribution is 2.28. The van der Waals surface area contributed by atoms with E-state index in [9.17, 15) is 10.1 Å². The van der Waals surface area contributed by atoms with Crippen LogP contribution in [0, 0.1) is 10.1 Å². The van der Waals surface area contributed by atoms with Crippen molar-refractivity contribution in [1.29, 1.82) is 0 Å². The Labute approximate surface area is 107 Å². The average molecular weight is 253 g/mol. The maximum atomic E-state index is 10.9. The number of nitro groups is 1. The molecule has 0 heterocycles. The molecule has 1 aromatic carbocycles. The number of nitro benzene ring substituents is 1. The quantitative estimate of drug-likeness (QED) is 0.439. The summed E-state index contributed by atoms with van der Waals surface area (Å²) in [5.41, 5.74) is 0.428. The first-order valence-electron chi connectivity index (χ1n) is 6.20. The number of nitrogens with zero attached hydrogens (tertiary/aromatic N) is 1. The zero-order valence-electron chi connectivity index (χ0n) is 10.6. The molecule has 0 aliphatic carbocycles. The van der Waals surface area contributed by atoms with Gasteiger partial charge in [-0.05, 0) is 18.1 Å². The van der Waals surface area contributed by atoms with Crippen LogP contribution in [0.2, 0.25) is 0 Å². The van der Waals surface area contributed by atoms with Crippen molar-refractivity contribution in [3.63, 3.8) is 0 Å². The Balaban J connectivity index is 2.61. The molecule has 5 heteroatoms. The van der Waals surface area contributed by atoms with Crippen molar-refractivity contribution >= 4 is 5.69 Å². The Hall–Kier alpha value is -1.62. The predicted molar refractivity (Wildman–Crippen MR) is 68.7 cm³/mol. The third-order valence-corrected chi connectivity index (χ3v) is 2.66. The second-order valence-electron chi connectivity index (χ2n) is 4.13. The SMILES string of the molecule is CCCCCCOc1ccc(CO)cc1[N+](=O)[O-]. The first-order valence-corrected chi connectivity index (χ1v) is 6.20. The fraction of sp³-hybridized carbons (Fsp3) is 0.538. The fourth-order valence-electron chi connectivity index (χ4n) is 1.64. The highest BCUT2D eigenvalue weighted by Gasteiger charge is 2.15. The molecular formula is C13H19NO4. The maximum Gasteiger partial charge on any atom is 0.311 e. The van der Waals surface area contributed by atoms with E-state index in [-0.39, 0.29) is 18.0 Å². The van der Waals surface area contributed by atoms with Crippen LogP contribution in [-0.4, -0.2) is 16.6 Å². The van der Waals surface area contributed by atoms with E-state index >= 15 is 0 Å². The zero-order chi connectivity index (χ0) is 13.4. The van der Waals surface area contributed by atoms with Crippen LogP contribution in [0.15, 0.2) is 18.2 Å². The molecule has 0 aliphatic rings. The van der Waals surface area contributed by atoms with E-state index in [1.807, 2.05) is 0 Å². The van der Waals surface area contributed by atoms with E-state index in [0.29, 0.717) is 12.2 Å². The van der Waals surface area contributed by atoms with Gasteiger partial charge in [-0.1, -0.05) is 32.3 Å². The van der Waals surface area contributed by atoms with Gasteiger partial charge in [-0.25, -0.2) is 0 Å². The Morgan fingerprint density at radius 2 is 2.11 bits per heavy atom. The fourth-order valence-corrected chi connectivity index (χ4v) is 1.64. The Bertz CT molecular complexity index is 393. The van der Waals surface area contributed by atoms with Gasteiger partial charge in [0.15, 0.2) is 5.75 Å². The molecule has 1 N–H and O–H groups in total. The molecule has 0 radical (unpaired) electrons. The van der Waals surface area contributed by atoms with Crippen molar-refractivity contribution < 1.29 is 14.8 Å². The maximum absolute atomic E-state index is 10.9. The lowest BCUT2D eigenvalue weighted by atomic mass is 10.2. The number of rotatable bonds is 8. The Morgan fingerprint density at radius 3 is 2.72 bits per heavy atom. The molecule has 5 nitrogen and oxygen atoms in total. The number of ether oxygens (including phenoxy) is 1. The topological polar surface area (TPSA) is 72.6 Å². The van der Waals surface area contributed by atoms with E-state index in [1.165, 1.54) is 6.07 Å². The molecule has 1 rings (SSSR count). The van der Waals surface area contributed by atoms with Crippen LogP contribution in [0.5, 0.6) is 5.75 Å². The van der Waals surface area contributed by atoms with Gasteiger partial charge in [0.05, 0.1) is 18.1 Å². The van der Waals surface area contributed by atoms with Crippen LogP contribution in [-0.2, 0) is 6.61 Å². The molecule has 100 valence electrons. The van der Waals surface area contributed by atoms with E-state index in [2.05, 4.69) is 6.92 Å². The summed E-state index contributed by atoms with van der Waals surface area (Å²) >= 11 is 0. The van der Waals surface area contributed by atoms with Crippen molar-refractivity contribution in [3.8, 4) is 5.75 Å². The van der Waals surface area contributed by atoms with E-state index in [1.54, 1.807) is 12.1 Å². The minimum absolute atomic E-state index is 0.0861. The number of aliphatic hydroxyl groups excluding tert-OH is 1. The van der Waals surface area contributed by atoms with Crippen LogP contribution in [0.4, 0.5) is 5.69 Å². The van der Waals surface area contributed by atoms with Crippen LogP contribution < -0.4 is 4.74 Å². The molecule has 0 fully saturated rings. The number of benzene rings is 1. The predicted octanol–water partition coefficient (Wildman–Crippen LogP) is 3.05. The molecule has 0 spiro atoms. The average Bonchev–Trinajstić information content (AvgIpc) is 2.38. The van der Waals surface area contributed by atoms with Gasteiger partial charge >= 0.3 is 5.69 Å². The van der Waals surface area contributed by atoms with Crippen LogP contribution in [0.3, 0.4) is 0 Å². The highest BCUT2D eigenvalue weighted by atomic mass is 16.6. The monoisotopic (exact) mass is 253 g/mol. The minimum Gasteiger partial charge on any atom is -0.487 e. The Morgan fingerprint density at radius 1 is 1.33 bits per heavy atom. The van der Waals surface area contributed by atoms with E-state index in [4.69, 9.17) is 9.84 Å². The van der Waals surface area contributed by atoms with Crippen LogP contribution in [0.1, 0.15) is 38.2 Å². The van der Waals surface area contributed by atoms with Crippen LogP contribution >= 0.6 is 0 Å². The van der Waals surface area contributed by atoms with Crippen molar-refractivity contribution in [1.82, 2.24) is 0 Å². The van der Waals surface area contributed by atoms with Crippen LogP contribution in [0.25, 0.3) is 0 Å². The normalized spacial score (nSPS) is 10.3. The molecule has 0 aromatic heterocycles. The van der Waals surface area contributed by atoms with Crippen molar-refractivity contribution in [2.75, 3.05) is 6.61 Å². The summed E-state index contributed by atoms with van der Waals surface area (Å²) in [4.78, 5) is 10.4. The van der Waals surface area contributed by atoms with Gasteiger partial charge < -0.3 is 9.84 Å². The lowest BCUT2D eigenvalue weighted by Crippen LogP contribution is -2.01. The van der Waals surface area contributed by atoms with Gasteiger partial charge in [-0.3, -0.25) is 10.1 Å². The molecule has 0 unspecified atom stereocenters. The number of aliphatic hydroxyl groups is 1. The summed E-state index contributed by atoms with van der Waals surface area (Å²) in [6.45, 7) is 2.40. The van der Waals surface area contributed by atoms with Gasteiger partial charge in [0, 0.05) is 6.07 Å². The number of unbranched alkanes of at least 4 members (excludes halogenated alkanes) is 3.